The van der Waals surface area contributed by atoms with Crippen molar-refractivity contribution in [3.05, 3.63) is 42.0 Å². The van der Waals surface area contributed by atoms with E-state index in [1.165, 1.54) is 0 Å². The predicted molar refractivity (Wildman–Crippen MR) is 86.6 cm³/mol. The maximum atomic E-state index is 8.72. The van der Waals surface area contributed by atoms with Gasteiger partial charge in [0.25, 0.3) is 0 Å². The summed E-state index contributed by atoms with van der Waals surface area (Å²) in [6.07, 6.45) is 1.01. The van der Waals surface area contributed by atoms with E-state index in [9.17, 15) is 0 Å². The zero-order chi connectivity index (χ0) is 15.1. The molecule has 0 radical (unpaired) electrons. The molecule has 3 heteroatoms. The van der Waals surface area contributed by atoms with Gasteiger partial charge in [0.05, 0.1) is 6.61 Å². The van der Waals surface area contributed by atoms with Gasteiger partial charge in [0, 0.05) is 12.1 Å². The van der Waals surface area contributed by atoms with E-state index in [0.717, 1.165) is 41.7 Å². The Hall–Kier alpha value is -2.02. The monoisotopic (exact) mass is 283 g/mol. The summed E-state index contributed by atoms with van der Waals surface area (Å²) in [7, 11) is 4.13. The van der Waals surface area contributed by atoms with Crippen molar-refractivity contribution < 1.29 is 9.84 Å². The Bertz CT molecular complexity index is 653. The predicted octanol–water partition coefficient (Wildman–Crippen LogP) is 2.51. The van der Waals surface area contributed by atoms with Crippen molar-refractivity contribution in [1.82, 2.24) is 4.90 Å². The lowest BCUT2D eigenvalue weighted by atomic mass is 10.1. The van der Waals surface area contributed by atoms with E-state index in [1.807, 2.05) is 36.4 Å². The lowest BCUT2D eigenvalue weighted by molar-refractivity contribution is 0.282. The molecular weight excluding hydrogens is 262 g/mol. The number of aliphatic hydroxyl groups excluding tert-OH is 1. The Kier molecular flexibility index (Phi) is 5.62. The standard InChI is InChI=1S/C18H21NO2/c1-19(2)10-4-12-21-18-9-8-16-13-15(5-3-11-20)6-7-17(16)14-18/h6-9,13-14,20H,4,10-12H2,1-2H3. The molecule has 0 aliphatic rings. The van der Waals surface area contributed by atoms with Gasteiger partial charge in [-0.3, -0.25) is 0 Å². The maximum Gasteiger partial charge on any atom is 0.119 e. The summed E-state index contributed by atoms with van der Waals surface area (Å²) in [5.74, 6) is 6.48. The van der Waals surface area contributed by atoms with E-state index < -0.39 is 0 Å². The van der Waals surface area contributed by atoms with Gasteiger partial charge in [0.2, 0.25) is 0 Å². The summed E-state index contributed by atoms with van der Waals surface area (Å²) in [5.41, 5.74) is 0.913. The van der Waals surface area contributed by atoms with E-state index in [1.54, 1.807) is 0 Å². The lowest BCUT2D eigenvalue weighted by Gasteiger charge is -2.11. The molecule has 0 aliphatic heterocycles. The molecular formula is C18H21NO2. The Morgan fingerprint density at radius 1 is 1.10 bits per heavy atom. The summed E-state index contributed by atoms with van der Waals surface area (Å²) in [6, 6.07) is 12.1. The van der Waals surface area contributed by atoms with Crippen LogP contribution in [-0.4, -0.2) is 43.9 Å². The molecule has 0 unspecified atom stereocenters. The summed E-state index contributed by atoms with van der Waals surface area (Å²) >= 11 is 0. The van der Waals surface area contributed by atoms with Crippen LogP contribution in [-0.2, 0) is 0 Å². The molecule has 0 atom stereocenters. The summed E-state index contributed by atoms with van der Waals surface area (Å²) in [6.45, 7) is 1.64. The molecule has 2 aromatic rings. The van der Waals surface area contributed by atoms with Crippen LogP contribution < -0.4 is 4.74 Å². The van der Waals surface area contributed by atoms with E-state index in [-0.39, 0.29) is 6.61 Å². The molecule has 0 spiro atoms. The Morgan fingerprint density at radius 2 is 1.86 bits per heavy atom. The second-order valence-electron chi connectivity index (χ2n) is 5.19. The van der Waals surface area contributed by atoms with Gasteiger partial charge in [0.1, 0.15) is 12.4 Å². The summed E-state index contributed by atoms with van der Waals surface area (Å²) in [5, 5.41) is 11.0. The highest BCUT2D eigenvalue weighted by Gasteiger charge is 1.99. The first-order chi connectivity index (χ1) is 10.2. The Morgan fingerprint density at radius 3 is 2.62 bits per heavy atom. The molecule has 110 valence electrons. The molecule has 1 N–H and O–H groups in total. The van der Waals surface area contributed by atoms with Crippen molar-refractivity contribution in [3.63, 3.8) is 0 Å². The quantitative estimate of drug-likeness (QED) is 0.676. The Labute approximate surface area is 126 Å². The number of benzene rings is 2. The second-order valence-corrected chi connectivity index (χ2v) is 5.19. The molecule has 0 bridgehead atoms. The van der Waals surface area contributed by atoms with Crippen molar-refractivity contribution in [2.24, 2.45) is 0 Å². The third kappa shape index (κ3) is 4.78. The van der Waals surface area contributed by atoms with Crippen molar-refractivity contribution in [3.8, 4) is 17.6 Å². The van der Waals surface area contributed by atoms with Gasteiger partial charge in [-0.05, 0) is 55.6 Å². The topological polar surface area (TPSA) is 32.7 Å². The average molecular weight is 283 g/mol. The second kappa shape index (κ2) is 7.68. The van der Waals surface area contributed by atoms with Crippen LogP contribution in [0.2, 0.25) is 0 Å². The Balaban J connectivity index is 2.04. The molecule has 2 aromatic carbocycles. The van der Waals surface area contributed by atoms with Crippen LogP contribution in [0, 0.1) is 11.8 Å². The minimum absolute atomic E-state index is 0.113. The highest BCUT2D eigenvalue weighted by molar-refractivity contribution is 5.85. The third-order valence-electron chi connectivity index (χ3n) is 3.14. The third-order valence-corrected chi connectivity index (χ3v) is 3.14. The van der Waals surface area contributed by atoms with Gasteiger partial charge in [-0.2, -0.15) is 0 Å². The molecule has 0 amide bonds. The number of aliphatic hydroxyl groups is 1. The molecule has 0 fully saturated rings. The molecule has 0 saturated carbocycles. The molecule has 0 aromatic heterocycles. The SMILES string of the molecule is CN(C)CCCOc1ccc2cc(C#CCO)ccc2c1. The largest absolute Gasteiger partial charge is 0.494 e. The van der Waals surface area contributed by atoms with E-state index in [2.05, 4.69) is 30.8 Å². The van der Waals surface area contributed by atoms with Gasteiger partial charge >= 0.3 is 0 Å². The average Bonchev–Trinajstić information content (AvgIpc) is 2.49. The molecule has 2 rings (SSSR count). The van der Waals surface area contributed by atoms with Gasteiger partial charge in [0.15, 0.2) is 0 Å². The van der Waals surface area contributed by atoms with Crippen LogP contribution in [0.1, 0.15) is 12.0 Å². The van der Waals surface area contributed by atoms with Crippen molar-refractivity contribution in [2.75, 3.05) is 33.9 Å². The van der Waals surface area contributed by atoms with Crippen LogP contribution in [0.5, 0.6) is 5.75 Å². The first-order valence-electron chi connectivity index (χ1n) is 7.10. The fraction of sp³-hybridized carbons (Fsp3) is 0.333. The fourth-order valence-corrected chi connectivity index (χ4v) is 2.10. The highest BCUT2D eigenvalue weighted by atomic mass is 16.5. The number of hydrogen-bond donors (Lipinski definition) is 1. The minimum Gasteiger partial charge on any atom is -0.494 e. The van der Waals surface area contributed by atoms with E-state index >= 15 is 0 Å². The molecule has 0 aliphatic carbocycles. The smallest absolute Gasteiger partial charge is 0.119 e. The van der Waals surface area contributed by atoms with E-state index in [0.29, 0.717) is 0 Å². The number of rotatable bonds is 5. The van der Waals surface area contributed by atoms with Crippen molar-refractivity contribution in [1.29, 1.82) is 0 Å². The van der Waals surface area contributed by atoms with Crippen LogP contribution in [0.25, 0.3) is 10.8 Å². The van der Waals surface area contributed by atoms with Crippen LogP contribution in [0.15, 0.2) is 36.4 Å². The summed E-state index contributed by atoms with van der Waals surface area (Å²) in [4.78, 5) is 2.15. The molecule has 3 nitrogen and oxygen atoms in total. The number of ether oxygens (including phenoxy) is 1. The first kappa shape index (κ1) is 15.4. The zero-order valence-electron chi connectivity index (χ0n) is 12.6. The lowest BCUT2D eigenvalue weighted by Crippen LogP contribution is -2.15. The van der Waals surface area contributed by atoms with Gasteiger partial charge in [-0.15, -0.1) is 0 Å². The molecule has 0 saturated heterocycles. The highest BCUT2D eigenvalue weighted by Crippen LogP contribution is 2.22. The normalized spacial score (nSPS) is 10.5. The molecule has 0 heterocycles. The van der Waals surface area contributed by atoms with E-state index in [4.69, 9.17) is 9.84 Å². The van der Waals surface area contributed by atoms with Gasteiger partial charge in [-0.1, -0.05) is 24.0 Å². The first-order valence-corrected chi connectivity index (χ1v) is 7.10. The number of fused-ring (bicyclic) bond motifs is 1. The van der Waals surface area contributed by atoms with Crippen LogP contribution in [0.4, 0.5) is 0 Å². The maximum absolute atomic E-state index is 8.72. The van der Waals surface area contributed by atoms with Crippen molar-refractivity contribution in [2.45, 2.75) is 6.42 Å². The van der Waals surface area contributed by atoms with Gasteiger partial charge < -0.3 is 14.7 Å². The van der Waals surface area contributed by atoms with Crippen molar-refractivity contribution >= 4 is 10.8 Å². The minimum atomic E-state index is -0.113. The fourth-order valence-electron chi connectivity index (χ4n) is 2.10. The van der Waals surface area contributed by atoms with Gasteiger partial charge in [-0.25, -0.2) is 0 Å². The summed E-state index contributed by atoms with van der Waals surface area (Å²) < 4.78 is 5.77. The van der Waals surface area contributed by atoms with Crippen LogP contribution in [0.3, 0.4) is 0 Å². The number of hydrogen-bond acceptors (Lipinski definition) is 3. The molecule has 21 heavy (non-hydrogen) atoms. The zero-order valence-corrected chi connectivity index (χ0v) is 12.6. The number of nitrogens with zero attached hydrogens (tertiary/aromatic N) is 1. The van der Waals surface area contributed by atoms with Crippen LogP contribution >= 0.6 is 0 Å².